The number of carbonyl (C=O) groups excluding carboxylic acids is 1. The van der Waals surface area contributed by atoms with E-state index in [1.807, 2.05) is 0 Å². The van der Waals surface area contributed by atoms with Crippen molar-refractivity contribution in [3.63, 3.8) is 0 Å². The van der Waals surface area contributed by atoms with Gasteiger partial charge >= 0.3 is 5.97 Å². The molecule has 0 atom stereocenters. The van der Waals surface area contributed by atoms with Crippen LogP contribution < -0.4 is 0 Å². The topological polar surface area (TPSA) is 29.5 Å². The molecule has 0 aliphatic carbocycles. The van der Waals surface area contributed by atoms with Crippen LogP contribution in [0.2, 0.25) is 0 Å². The van der Waals surface area contributed by atoms with E-state index in [4.69, 9.17) is 4.74 Å². The highest BCUT2D eigenvalue weighted by Gasteiger charge is 2.08. The maximum atomic E-state index is 11.4. The molecule has 0 spiro atoms. The molecular weight excluding hydrogens is 190 g/mol. The zero-order chi connectivity index (χ0) is 11.5. The fourth-order valence-electron chi connectivity index (χ4n) is 1.29. The third-order valence-corrected chi connectivity index (χ3v) is 2.39. The van der Waals surface area contributed by atoms with Gasteiger partial charge in [0.2, 0.25) is 0 Å². The molecule has 3 nitrogen and oxygen atoms in total. The van der Waals surface area contributed by atoms with Crippen LogP contribution in [0.4, 0.5) is 0 Å². The van der Waals surface area contributed by atoms with Crippen LogP contribution in [0.15, 0.2) is 0 Å². The van der Waals surface area contributed by atoms with Gasteiger partial charge in [0, 0.05) is 0 Å². The van der Waals surface area contributed by atoms with Gasteiger partial charge < -0.3 is 4.74 Å². The lowest BCUT2D eigenvalue weighted by molar-refractivity contribution is -0.145. The van der Waals surface area contributed by atoms with E-state index in [-0.39, 0.29) is 5.97 Å². The molecule has 90 valence electrons. The van der Waals surface area contributed by atoms with E-state index in [9.17, 15) is 4.79 Å². The number of carbonyl (C=O) groups is 1. The monoisotopic (exact) mass is 215 g/mol. The normalized spacial score (nSPS) is 10.7. The molecule has 0 rings (SSSR count). The Labute approximate surface area is 93.8 Å². The van der Waals surface area contributed by atoms with Crippen molar-refractivity contribution in [3.05, 3.63) is 0 Å². The molecule has 3 heteroatoms. The second kappa shape index (κ2) is 9.97. The molecule has 0 amide bonds. The molecular formula is C12H25NO2. The van der Waals surface area contributed by atoms with Gasteiger partial charge in [-0.2, -0.15) is 0 Å². The number of unbranched alkanes of at least 4 members (excludes halogenated alkanes) is 2. The van der Waals surface area contributed by atoms with Crippen LogP contribution in [0.25, 0.3) is 0 Å². The quantitative estimate of drug-likeness (QED) is 0.437. The first kappa shape index (κ1) is 14.4. The largest absolute Gasteiger partial charge is 0.465 e. The van der Waals surface area contributed by atoms with E-state index in [1.165, 1.54) is 6.42 Å². The molecule has 0 saturated carbocycles. The molecule has 0 aliphatic rings. The van der Waals surface area contributed by atoms with E-state index in [0.717, 1.165) is 32.4 Å². The third-order valence-electron chi connectivity index (χ3n) is 2.39. The second-order valence-electron chi connectivity index (χ2n) is 3.80. The Bertz CT molecular complexity index is 160. The van der Waals surface area contributed by atoms with E-state index < -0.39 is 0 Å². The minimum absolute atomic E-state index is 0.0820. The summed E-state index contributed by atoms with van der Waals surface area (Å²) in [6, 6.07) is 0. The van der Waals surface area contributed by atoms with E-state index in [2.05, 4.69) is 25.7 Å². The summed E-state index contributed by atoms with van der Waals surface area (Å²) < 4.78 is 5.11. The molecule has 0 radical (unpaired) electrons. The van der Waals surface area contributed by atoms with Crippen molar-refractivity contribution in [3.8, 4) is 0 Å². The van der Waals surface area contributed by atoms with Gasteiger partial charge in [-0.1, -0.05) is 33.6 Å². The molecule has 0 aromatic rings. The molecule has 15 heavy (non-hydrogen) atoms. The summed E-state index contributed by atoms with van der Waals surface area (Å²) in [4.78, 5) is 13.5. The van der Waals surface area contributed by atoms with E-state index in [0.29, 0.717) is 13.2 Å². The smallest absolute Gasteiger partial charge is 0.320 e. The zero-order valence-electron chi connectivity index (χ0n) is 10.4. The Hall–Kier alpha value is -0.570. The molecule has 0 bridgehead atoms. The highest BCUT2D eigenvalue weighted by molar-refractivity contribution is 5.71. The highest BCUT2D eigenvalue weighted by Crippen LogP contribution is 1.96. The third kappa shape index (κ3) is 8.43. The molecule has 0 unspecified atom stereocenters. The number of nitrogens with zero attached hydrogens (tertiary/aromatic N) is 1. The number of hydrogen-bond acceptors (Lipinski definition) is 3. The van der Waals surface area contributed by atoms with Gasteiger partial charge in [0.05, 0.1) is 13.2 Å². The molecule has 0 fully saturated rings. The van der Waals surface area contributed by atoms with Crippen molar-refractivity contribution in [2.24, 2.45) is 0 Å². The second-order valence-corrected chi connectivity index (χ2v) is 3.80. The van der Waals surface area contributed by atoms with E-state index in [1.54, 1.807) is 0 Å². The van der Waals surface area contributed by atoms with Crippen LogP contribution in [0.5, 0.6) is 0 Å². The lowest BCUT2D eigenvalue weighted by Gasteiger charge is -2.18. The number of rotatable bonds is 9. The Balaban J connectivity index is 3.60. The minimum Gasteiger partial charge on any atom is -0.465 e. The Morgan fingerprint density at radius 2 is 1.80 bits per heavy atom. The SMILES string of the molecule is CCCCOC(=O)CN(CC)CCCC. The van der Waals surface area contributed by atoms with Crippen molar-refractivity contribution >= 4 is 5.97 Å². The van der Waals surface area contributed by atoms with Gasteiger partial charge in [-0.05, 0) is 25.9 Å². The van der Waals surface area contributed by atoms with Crippen LogP contribution in [-0.2, 0) is 9.53 Å². The highest BCUT2D eigenvalue weighted by atomic mass is 16.5. The van der Waals surface area contributed by atoms with Gasteiger partial charge in [-0.25, -0.2) is 0 Å². The molecule has 0 aromatic heterocycles. The number of ether oxygens (including phenoxy) is 1. The van der Waals surface area contributed by atoms with Crippen LogP contribution in [0.3, 0.4) is 0 Å². The molecule has 0 saturated heterocycles. The number of likely N-dealkylation sites (N-methyl/N-ethyl adjacent to an activating group) is 1. The van der Waals surface area contributed by atoms with Crippen molar-refractivity contribution < 1.29 is 9.53 Å². The van der Waals surface area contributed by atoms with Gasteiger partial charge in [0.15, 0.2) is 0 Å². The first-order valence-corrected chi connectivity index (χ1v) is 6.12. The Kier molecular flexibility index (Phi) is 9.59. The first-order valence-electron chi connectivity index (χ1n) is 6.12. The van der Waals surface area contributed by atoms with Crippen LogP contribution in [0, 0.1) is 0 Å². The summed E-state index contributed by atoms with van der Waals surface area (Å²) >= 11 is 0. The molecule has 0 heterocycles. The average Bonchev–Trinajstić information content (AvgIpc) is 2.24. The van der Waals surface area contributed by atoms with Crippen molar-refractivity contribution in [2.45, 2.75) is 46.5 Å². The van der Waals surface area contributed by atoms with Gasteiger partial charge in [-0.3, -0.25) is 9.69 Å². The van der Waals surface area contributed by atoms with E-state index >= 15 is 0 Å². The Morgan fingerprint density at radius 3 is 2.33 bits per heavy atom. The summed E-state index contributed by atoms with van der Waals surface area (Å²) in [7, 11) is 0. The summed E-state index contributed by atoms with van der Waals surface area (Å²) in [5, 5.41) is 0. The van der Waals surface area contributed by atoms with Crippen molar-refractivity contribution in [1.82, 2.24) is 4.90 Å². The zero-order valence-corrected chi connectivity index (χ0v) is 10.4. The van der Waals surface area contributed by atoms with Crippen molar-refractivity contribution in [1.29, 1.82) is 0 Å². The predicted octanol–water partition coefficient (Wildman–Crippen LogP) is 2.45. The van der Waals surface area contributed by atoms with Crippen molar-refractivity contribution in [2.75, 3.05) is 26.2 Å². The average molecular weight is 215 g/mol. The van der Waals surface area contributed by atoms with Crippen LogP contribution in [-0.4, -0.2) is 37.1 Å². The van der Waals surface area contributed by atoms with Crippen LogP contribution in [0.1, 0.15) is 46.5 Å². The maximum Gasteiger partial charge on any atom is 0.320 e. The minimum atomic E-state index is -0.0820. The van der Waals surface area contributed by atoms with Gasteiger partial charge in [0.25, 0.3) is 0 Å². The molecule has 0 N–H and O–H groups in total. The fourth-order valence-corrected chi connectivity index (χ4v) is 1.29. The van der Waals surface area contributed by atoms with Gasteiger partial charge in [-0.15, -0.1) is 0 Å². The predicted molar refractivity (Wildman–Crippen MR) is 62.9 cm³/mol. The maximum absolute atomic E-state index is 11.4. The summed E-state index contributed by atoms with van der Waals surface area (Å²) in [6.07, 6.45) is 4.35. The summed E-state index contributed by atoms with van der Waals surface area (Å²) in [5.74, 6) is -0.0820. The number of esters is 1. The standard InChI is InChI=1S/C12H25NO2/c1-4-7-9-13(6-3)11-12(14)15-10-8-5-2/h4-11H2,1-3H3. The molecule has 0 aromatic carbocycles. The van der Waals surface area contributed by atoms with Gasteiger partial charge in [0.1, 0.15) is 0 Å². The Morgan fingerprint density at radius 1 is 1.13 bits per heavy atom. The molecule has 0 aliphatic heterocycles. The number of hydrogen-bond donors (Lipinski definition) is 0. The summed E-state index contributed by atoms with van der Waals surface area (Å²) in [5.41, 5.74) is 0. The van der Waals surface area contributed by atoms with Crippen LogP contribution >= 0.6 is 0 Å². The lowest BCUT2D eigenvalue weighted by atomic mass is 10.3. The lowest BCUT2D eigenvalue weighted by Crippen LogP contribution is -2.31. The summed E-state index contributed by atoms with van der Waals surface area (Å²) in [6.45, 7) is 9.26. The first-order chi connectivity index (χ1) is 7.24. The fraction of sp³-hybridized carbons (Fsp3) is 0.917.